The van der Waals surface area contributed by atoms with E-state index in [1.54, 1.807) is 27.5 Å². The van der Waals surface area contributed by atoms with Gasteiger partial charge in [0.15, 0.2) is 11.5 Å². The predicted octanol–water partition coefficient (Wildman–Crippen LogP) is 3.22. The number of carbonyl (C=O) groups excluding carboxylic acids is 1. The molecule has 0 saturated heterocycles. The first-order valence-electron chi connectivity index (χ1n) is 10.9. The molecule has 1 amide bonds. The number of hydrogen-bond donors (Lipinski definition) is 1. The molecule has 0 radical (unpaired) electrons. The Kier molecular flexibility index (Phi) is 6.35. The van der Waals surface area contributed by atoms with E-state index in [4.69, 9.17) is 9.47 Å². The standard InChI is InChI=1S/C25H28N4O4/c1-5-19(24(30)26-13-12-16-10-11-21(32-3)22(14-16)33-4)29-20-9-7-6-8-17(20)18-15-27-28(2)25(31)23(18)29/h6-11,14-15,19H,5,12-13H2,1-4H3,(H,26,30)/t19-/m0/s1. The molecule has 4 rings (SSSR count). The van der Waals surface area contributed by atoms with Crippen LogP contribution < -0.4 is 20.3 Å². The molecule has 0 unspecified atom stereocenters. The van der Waals surface area contributed by atoms with Crippen LogP contribution in [0.3, 0.4) is 0 Å². The molecule has 0 aliphatic heterocycles. The normalized spacial score (nSPS) is 12.1. The van der Waals surface area contributed by atoms with Crippen LogP contribution in [0.2, 0.25) is 0 Å². The smallest absolute Gasteiger partial charge is 0.291 e. The fourth-order valence-corrected chi connectivity index (χ4v) is 4.28. The second-order valence-electron chi connectivity index (χ2n) is 7.88. The largest absolute Gasteiger partial charge is 0.493 e. The molecule has 2 aromatic heterocycles. The average Bonchev–Trinajstić information content (AvgIpc) is 3.16. The number of fused-ring (bicyclic) bond motifs is 3. The molecule has 2 aromatic carbocycles. The highest BCUT2D eigenvalue weighted by Gasteiger charge is 2.25. The Bertz CT molecular complexity index is 1370. The Balaban J connectivity index is 1.62. The highest BCUT2D eigenvalue weighted by atomic mass is 16.5. The van der Waals surface area contributed by atoms with Crippen molar-refractivity contribution >= 4 is 27.7 Å². The van der Waals surface area contributed by atoms with E-state index in [2.05, 4.69) is 10.4 Å². The van der Waals surface area contributed by atoms with Crippen LogP contribution in [0.5, 0.6) is 11.5 Å². The third kappa shape index (κ3) is 4.04. The molecule has 0 aliphatic carbocycles. The zero-order chi connectivity index (χ0) is 23.5. The Labute approximate surface area is 191 Å². The molecule has 2 heterocycles. The lowest BCUT2D eigenvalue weighted by atomic mass is 10.1. The van der Waals surface area contributed by atoms with Gasteiger partial charge in [0.2, 0.25) is 5.91 Å². The number of methoxy groups -OCH3 is 2. The summed E-state index contributed by atoms with van der Waals surface area (Å²) in [4.78, 5) is 26.3. The highest BCUT2D eigenvalue weighted by Crippen LogP contribution is 2.31. The quantitative estimate of drug-likeness (QED) is 0.447. The summed E-state index contributed by atoms with van der Waals surface area (Å²) < 4.78 is 13.8. The molecule has 0 spiro atoms. The van der Waals surface area contributed by atoms with Crippen molar-refractivity contribution < 1.29 is 14.3 Å². The summed E-state index contributed by atoms with van der Waals surface area (Å²) in [5.74, 6) is 1.20. The van der Waals surface area contributed by atoms with Crippen LogP contribution >= 0.6 is 0 Å². The number of para-hydroxylation sites is 1. The molecular weight excluding hydrogens is 420 g/mol. The first kappa shape index (κ1) is 22.4. The fourth-order valence-electron chi connectivity index (χ4n) is 4.28. The van der Waals surface area contributed by atoms with Gasteiger partial charge in [-0.2, -0.15) is 5.10 Å². The van der Waals surface area contributed by atoms with Crippen LogP contribution in [0, 0.1) is 0 Å². The fraction of sp³-hybridized carbons (Fsp3) is 0.320. The van der Waals surface area contributed by atoms with Gasteiger partial charge in [0.1, 0.15) is 11.6 Å². The van der Waals surface area contributed by atoms with Crippen LogP contribution in [0.4, 0.5) is 0 Å². The number of nitrogens with one attached hydrogen (secondary N) is 1. The number of hydrogen-bond acceptors (Lipinski definition) is 5. The zero-order valence-electron chi connectivity index (χ0n) is 19.3. The van der Waals surface area contributed by atoms with Gasteiger partial charge in [-0.05, 0) is 36.6 Å². The van der Waals surface area contributed by atoms with Crippen molar-refractivity contribution in [1.82, 2.24) is 19.7 Å². The maximum atomic E-state index is 13.3. The molecule has 0 fully saturated rings. The molecular formula is C25H28N4O4. The van der Waals surface area contributed by atoms with Gasteiger partial charge < -0.3 is 19.4 Å². The number of aromatic nitrogens is 3. The van der Waals surface area contributed by atoms with Gasteiger partial charge in [-0.25, -0.2) is 4.68 Å². The summed E-state index contributed by atoms with van der Waals surface area (Å²) in [6.45, 7) is 2.41. The van der Waals surface area contributed by atoms with Gasteiger partial charge in [0.25, 0.3) is 5.56 Å². The number of nitrogens with zero attached hydrogens (tertiary/aromatic N) is 3. The molecule has 0 bridgehead atoms. The van der Waals surface area contributed by atoms with Crippen molar-refractivity contribution in [1.29, 1.82) is 0 Å². The maximum absolute atomic E-state index is 13.3. The molecule has 8 nitrogen and oxygen atoms in total. The minimum absolute atomic E-state index is 0.125. The maximum Gasteiger partial charge on any atom is 0.291 e. The van der Waals surface area contributed by atoms with Gasteiger partial charge >= 0.3 is 0 Å². The number of ether oxygens (including phenoxy) is 2. The van der Waals surface area contributed by atoms with Crippen LogP contribution in [-0.2, 0) is 18.3 Å². The van der Waals surface area contributed by atoms with Crippen molar-refractivity contribution in [3.8, 4) is 11.5 Å². The van der Waals surface area contributed by atoms with Crippen molar-refractivity contribution in [2.75, 3.05) is 20.8 Å². The van der Waals surface area contributed by atoms with Crippen LogP contribution in [0.1, 0.15) is 24.9 Å². The van der Waals surface area contributed by atoms with E-state index < -0.39 is 6.04 Å². The van der Waals surface area contributed by atoms with E-state index in [1.165, 1.54) is 4.68 Å². The summed E-state index contributed by atoms with van der Waals surface area (Å²) in [7, 11) is 4.81. The summed E-state index contributed by atoms with van der Waals surface area (Å²) in [5.41, 5.74) is 2.15. The van der Waals surface area contributed by atoms with Crippen molar-refractivity contribution in [2.24, 2.45) is 7.05 Å². The van der Waals surface area contributed by atoms with Crippen molar-refractivity contribution in [3.05, 3.63) is 64.6 Å². The monoisotopic (exact) mass is 448 g/mol. The highest BCUT2D eigenvalue weighted by molar-refractivity contribution is 6.08. The lowest BCUT2D eigenvalue weighted by Gasteiger charge is -2.19. The summed E-state index contributed by atoms with van der Waals surface area (Å²) in [6, 6.07) is 12.9. The Morgan fingerprint density at radius 2 is 1.85 bits per heavy atom. The Morgan fingerprint density at radius 3 is 2.58 bits per heavy atom. The van der Waals surface area contributed by atoms with Crippen molar-refractivity contribution in [2.45, 2.75) is 25.8 Å². The van der Waals surface area contributed by atoms with E-state index in [9.17, 15) is 9.59 Å². The zero-order valence-corrected chi connectivity index (χ0v) is 19.3. The second-order valence-corrected chi connectivity index (χ2v) is 7.88. The first-order chi connectivity index (χ1) is 16.0. The molecule has 1 atom stereocenters. The lowest BCUT2D eigenvalue weighted by Crippen LogP contribution is -2.34. The molecule has 0 aliphatic rings. The van der Waals surface area contributed by atoms with Crippen molar-refractivity contribution in [3.63, 3.8) is 0 Å². The van der Waals surface area contributed by atoms with E-state index in [0.717, 1.165) is 21.9 Å². The lowest BCUT2D eigenvalue weighted by molar-refractivity contribution is -0.124. The minimum atomic E-state index is -0.520. The number of rotatable bonds is 8. The molecule has 0 saturated carbocycles. The Morgan fingerprint density at radius 1 is 1.09 bits per heavy atom. The Hall–Kier alpha value is -3.81. The van der Waals surface area contributed by atoms with E-state index in [1.807, 2.05) is 54.0 Å². The molecule has 8 heteroatoms. The molecule has 33 heavy (non-hydrogen) atoms. The summed E-state index contributed by atoms with van der Waals surface area (Å²) in [6.07, 6.45) is 2.88. The van der Waals surface area contributed by atoms with Gasteiger partial charge in [-0.15, -0.1) is 0 Å². The van der Waals surface area contributed by atoms with E-state index in [-0.39, 0.29) is 11.5 Å². The third-order valence-electron chi connectivity index (χ3n) is 5.97. The average molecular weight is 449 g/mol. The first-order valence-corrected chi connectivity index (χ1v) is 10.9. The number of carbonyl (C=O) groups is 1. The SMILES string of the molecule is CC[C@@H](C(=O)NCCc1ccc(OC)c(OC)c1)n1c2ccccc2c2cnn(C)c(=O)c21. The van der Waals surface area contributed by atoms with Gasteiger partial charge in [-0.1, -0.05) is 31.2 Å². The van der Waals surface area contributed by atoms with E-state index >= 15 is 0 Å². The second kappa shape index (κ2) is 9.36. The minimum Gasteiger partial charge on any atom is -0.493 e. The molecule has 172 valence electrons. The third-order valence-corrected chi connectivity index (χ3v) is 5.97. The summed E-state index contributed by atoms with van der Waals surface area (Å²) in [5, 5.41) is 8.89. The number of amides is 1. The topological polar surface area (TPSA) is 87.4 Å². The number of aryl methyl sites for hydroxylation is 1. The molecule has 1 N–H and O–H groups in total. The van der Waals surface area contributed by atoms with Gasteiger partial charge in [0, 0.05) is 24.4 Å². The van der Waals surface area contributed by atoms with E-state index in [0.29, 0.717) is 36.4 Å². The van der Waals surface area contributed by atoms with Crippen LogP contribution in [-0.4, -0.2) is 41.0 Å². The number of benzene rings is 2. The predicted molar refractivity (Wildman–Crippen MR) is 128 cm³/mol. The van der Waals surface area contributed by atoms with Crippen LogP contribution in [0.15, 0.2) is 53.5 Å². The summed E-state index contributed by atoms with van der Waals surface area (Å²) >= 11 is 0. The van der Waals surface area contributed by atoms with Gasteiger partial charge in [-0.3, -0.25) is 9.59 Å². The van der Waals surface area contributed by atoms with Crippen LogP contribution in [0.25, 0.3) is 21.8 Å². The molecule has 4 aromatic rings. The van der Waals surface area contributed by atoms with Gasteiger partial charge in [0.05, 0.1) is 25.9 Å².